The Labute approximate surface area is 116 Å². The number of aryl methyl sites for hydroxylation is 1. The van der Waals surface area contributed by atoms with Crippen LogP contribution < -0.4 is 5.32 Å². The third-order valence-corrected chi connectivity index (χ3v) is 4.01. The van der Waals surface area contributed by atoms with Crippen molar-refractivity contribution in [2.24, 2.45) is 0 Å². The Morgan fingerprint density at radius 2 is 2.15 bits per heavy atom. The van der Waals surface area contributed by atoms with Crippen LogP contribution in [0.5, 0.6) is 0 Å². The van der Waals surface area contributed by atoms with Crippen molar-refractivity contribution in [2.45, 2.75) is 24.8 Å². The van der Waals surface area contributed by atoms with Gasteiger partial charge in [0.15, 0.2) is 0 Å². The predicted octanol–water partition coefficient (Wildman–Crippen LogP) is 3.35. The minimum absolute atomic E-state index is 0.121. The van der Waals surface area contributed by atoms with Gasteiger partial charge >= 0.3 is 0 Å². The molecule has 2 nitrogen and oxygen atoms in total. The van der Waals surface area contributed by atoms with E-state index in [1.165, 1.54) is 17.7 Å². The largest absolute Gasteiger partial charge is 0.312 e. The van der Waals surface area contributed by atoms with Crippen LogP contribution in [-0.4, -0.2) is 12.0 Å². The number of fused-ring (bicyclic) bond motifs is 1. The highest BCUT2D eigenvalue weighted by Gasteiger charge is 2.32. The van der Waals surface area contributed by atoms with Crippen LogP contribution >= 0.6 is 0 Å². The topological polar surface area (TPSA) is 24.9 Å². The number of aromatic nitrogens is 1. The maximum absolute atomic E-state index is 14.0. The Morgan fingerprint density at radius 3 is 2.90 bits per heavy atom. The first-order valence-electron chi connectivity index (χ1n) is 6.76. The van der Waals surface area contributed by atoms with Gasteiger partial charge in [-0.1, -0.05) is 12.1 Å². The molecule has 2 unspecified atom stereocenters. The van der Waals surface area contributed by atoms with Crippen molar-refractivity contribution in [1.82, 2.24) is 10.3 Å². The Kier molecular flexibility index (Phi) is 3.49. The lowest BCUT2D eigenvalue weighted by molar-refractivity contribution is 0.446. The Morgan fingerprint density at radius 1 is 1.30 bits per heavy atom. The van der Waals surface area contributed by atoms with Crippen molar-refractivity contribution in [3.63, 3.8) is 0 Å². The fraction of sp³-hybridized carbons (Fsp3) is 0.312. The minimum Gasteiger partial charge on any atom is -0.312 e. The number of nitrogens with zero attached hydrogens (tertiary/aromatic N) is 1. The average Bonchev–Trinajstić information content (AvgIpc) is 2.86. The van der Waals surface area contributed by atoms with E-state index in [2.05, 4.69) is 16.4 Å². The molecule has 20 heavy (non-hydrogen) atoms. The van der Waals surface area contributed by atoms with E-state index in [4.69, 9.17) is 0 Å². The fourth-order valence-corrected chi connectivity index (χ4v) is 3.10. The third kappa shape index (κ3) is 2.20. The van der Waals surface area contributed by atoms with Crippen molar-refractivity contribution in [3.05, 3.63) is 65.0 Å². The van der Waals surface area contributed by atoms with Gasteiger partial charge in [0.05, 0.1) is 0 Å². The molecule has 0 saturated heterocycles. The molecule has 1 N–H and O–H groups in total. The number of pyridine rings is 1. The van der Waals surface area contributed by atoms with Crippen molar-refractivity contribution in [1.29, 1.82) is 0 Å². The number of halogens is 2. The van der Waals surface area contributed by atoms with Crippen molar-refractivity contribution >= 4 is 0 Å². The Hall–Kier alpha value is -1.81. The van der Waals surface area contributed by atoms with Crippen molar-refractivity contribution in [2.75, 3.05) is 7.05 Å². The monoisotopic (exact) mass is 274 g/mol. The average molecular weight is 274 g/mol. The number of hydrogen-bond acceptors (Lipinski definition) is 2. The highest BCUT2D eigenvalue weighted by molar-refractivity contribution is 5.34. The van der Waals surface area contributed by atoms with E-state index in [0.29, 0.717) is 5.56 Å². The second-order valence-corrected chi connectivity index (χ2v) is 5.13. The lowest BCUT2D eigenvalue weighted by Gasteiger charge is -2.24. The van der Waals surface area contributed by atoms with Gasteiger partial charge in [-0.25, -0.2) is 8.78 Å². The summed E-state index contributed by atoms with van der Waals surface area (Å²) in [5.74, 6) is -0.934. The molecule has 1 aliphatic carbocycles. The van der Waals surface area contributed by atoms with Gasteiger partial charge in [0.25, 0.3) is 0 Å². The van der Waals surface area contributed by atoms with Gasteiger partial charge in [0.2, 0.25) is 0 Å². The summed E-state index contributed by atoms with van der Waals surface area (Å²) >= 11 is 0. The van der Waals surface area contributed by atoms with Crippen LogP contribution in [0.15, 0.2) is 36.5 Å². The number of likely N-dealkylation sites (N-methyl/N-ethyl adjacent to an activating group) is 1. The molecule has 1 heterocycles. The second kappa shape index (κ2) is 5.29. The molecule has 0 fully saturated rings. The molecule has 0 saturated carbocycles. The Bertz CT molecular complexity index is 628. The van der Waals surface area contributed by atoms with Gasteiger partial charge in [-0.15, -0.1) is 0 Å². The van der Waals surface area contributed by atoms with Gasteiger partial charge < -0.3 is 5.32 Å². The predicted molar refractivity (Wildman–Crippen MR) is 73.5 cm³/mol. The minimum atomic E-state index is -0.550. The molecule has 0 spiro atoms. The first-order valence-corrected chi connectivity index (χ1v) is 6.76. The maximum Gasteiger partial charge on any atom is 0.130 e. The van der Waals surface area contributed by atoms with E-state index in [-0.39, 0.29) is 12.0 Å². The van der Waals surface area contributed by atoms with Crippen LogP contribution in [0.2, 0.25) is 0 Å². The van der Waals surface area contributed by atoms with Crippen molar-refractivity contribution < 1.29 is 8.78 Å². The molecule has 2 atom stereocenters. The zero-order valence-corrected chi connectivity index (χ0v) is 11.2. The molecule has 2 aromatic rings. The Balaban J connectivity index is 1.99. The summed E-state index contributed by atoms with van der Waals surface area (Å²) in [6.07, 6.45) is 3.65. The zero-order chi connectivity index (χ0) is 14.1. The molecule has 3 rings (SSSR count). The summed E-state index contributed by atoms with van der Waals surface area (Å²) in [5.41, 5.74) is 2.74. The first kappa shape index (κ1) is 13.2. The van der Waals surface area contributed by atoms with Gasteiger partial charge in [-0.3, -0.25) is 4.98 Å². The first-order chi connectivity index (χ1) is 9.70. The highest BCUT2D eigenvalue weighted by atomic mass is 19.1. The third-order valence-electron chi connectivity index (χ3n) is 4.01. The standard InChI is InChI=1S/C16H16F2N2/c1-19-16(12-7-5-11(17)9-14(12)18)13-6-4-10-3-2-8-20-15(10)13/h2-3,5,7-9,13,16,19H,4,6H2,1H3. The number of hydrogen-bond donors (Lipinski definition) is 1. The zero-order valence-electron chi connectivity index (χ0n) is 11.2. The smallest absolute Gasteiger partial charge is 0.130 e. The van der Waals surface area contributed by atoms with E-state index in [1.54, 1.807) is 13.2 Å². The quantitative estimate of drug-likeness (QED) is 0.928. The van der Waals surface area contributed by atoms with E-state index in [1.807, 2.05) is 6.07 Å². The maximum atomic E-state index is 14.0. The van der Waals surface area contributed by atoms with Crippen LogP contribution in [0.1, 0.15) is 35.2 Å². The molecule has 1 aliphatic rings. The summed E-state index contributed by atoms with van der Waals surface area (Å²) in [7, 11) is 1.80. The molecule has 104 valence electrons. The van der Waals surface area contributed by atoms with Gasteiger partial charge in [0.1, 0.15) is 11.6 Å². The molecule has 0 amide bonds. The van der Waals surface area contributed by atoms with E-state index in [9.17, 15) is 8.78 Å². The van der Waals surface area contributed by atoms with Gasteiger partial charge in [-0.05, 0) is 37.6 Å². The molecule has 4 heteroatoms. The molecule has 1 aromatic carbocycles. The van der Waals surface area contributed by atoms with Crippen LogP contribution in [0.4, 0.5) is 8.78 Å². The molecule has 1 aromatic heterocycles. The summed E-state index contributed by atoms with van der Waals surface area (Å²) in [6, 6.07) is 7.56. The lowest BCUT2D eigenvalue weighted by Crippen LogP contribution is -2.24. The highest BCUT2D eigenvalue weighted by Crippen LogP contribution is 2.40. The molecular weight excluding hydrogens is 258 g/mol. The van der Waals surface area contributed by atoms with E-state index in [0.717, 1.165) is 24.6 Å². The second-order valence-electron chi connectivity index (χ2n) is 5.13. The number of benzene rings is 1. The normalized spacial score (nSPS) is 18.9. The SMILES string of the molecule is CNC(c1ccc(F)cc1F)C1CCc2cccnc21. The van der Waals surface area contributed by atoms with Gasteiger partial charge in [0, 0.05) is 35.5 Å². The fourth-order valence-electron chi connectivity index (χ4n) is 3.10. The van der Waals surface area contributed by atoms with Crippen LogP contribution in [0.25, 0.3) is 0 Å². The van der Waals surface area contributed by atoms with Crippen LogP contribution in [0.3, 0.4) is 0 Å². The lowest BCUT2D eigenvalue weighted by atomic mass is 9.90. The van der Waals surface area contributed by atoms with Crippen molar-refractivity contribution in [3.8, 4) is 0 Å². The summed E-state index contributed by atoms with van der Waals surface area (Å²) in [6.45, 7) is 0. The molecule has 0 aliphatic heterocycles. The molecule has 0 radical (unpaired) electrons. The summed E-state index contributed by atoms with van der Waals surface area (Å²) < 4.78 is 27.1. The van der Waals surface area contributed by atoms with Crippen LogP contribution in [-0.2, 0) is 6.42 Å². The molecular formula is C16H16F2N2. The number of rotatable bonds is 3. The van der Waals surface area contributed by atoms with Crippen LogP contribution in [0, 0.1) is 11.6 Å². The van der Waals surface area contributed by atoms with E-state index < -0.39 is 11.6 Å². The summed E-state index contributed by atoms with van der Waals surface area (Å²) in [5, 5.41) is 3.16. The molecule has 0 bridgehead atoms. The van der Waals surface area contributed by atoms with E-state index >= 15 is 0 Å². The number of nitrogens with one attached hydrogen (secondary N) is 1. The van der Waals surface area contributed by atoms with Gasteiger partial charge in [-0.2, -0.15) is 0 Å². The summed E-state index contributed by atoms with van der Waals surface area (Å²) in [4.78, 5) is 4.45.